The summed E-state index contributed by atoms with van der Waals surface area (Å²) in [6.45, 7) is 7.06. The third kappa shape index (κ3) is 2.85. The Morgan fingerprint density at radius 1 is 1.53 bits per heavy atom. The highest BCUT2D eigenvalue weighted by Gasteiger charge is 2.36. The van der Waals surface area contributed by atoms with Gasteiger partial charge >= 0.3 is 0 Å². The Morgan fingerprint density at radius 2 is 2.21 bits per heavy atom. The Bertz CT molecular complexity index is 564. The van der Waals surface area contributed by atoms with Crippen molar-refractivity contribution in [2.75, 3.05) is 19.7 Å². The molecule has 0 saturated carbocycles. The largest absolute Gasteiger partial charge is 0.373 e. The molecule has 1 aliphatic rings. The van der Waals surface area contributed by atoms with Crippen LogP contribution in [0.25, 0.3) is 0 Å². The van der Waals surface area contributed by atoms with Gasteiger partial charge in [0.25, 0.3) is 0 Å². The molecular formula is C12H20N2O3S2. The standard InChI is InChI=1S/C12H20N2O3S2/c1-9-7-18-10(6-13)11(9)19(15,16)14-4-5-17-12(2,3)8-14/h7H,4-6,8,13H2,1-3H3. The zero-order valence-corrected chi connectivity index (χ0v) is 13.1. The predicted octanol–water partition coefficient (Wildman–Crippen LogP) is 1.31. The molecule has 1 saturated heterocycles. The van der Waals surface area contributed by atoms with E-state index in [9.17, 15) is 8.42 Å². The number of rotatable bonds is 3. The third-order valence-corrected chi connectivity index (χ3v) is 6.49. The second-order valence-electron chi connectivity index (χ2n) is 5.32. The molecule has 0 spiro atoms. The Morgan fingerprint density at radius 3 is 2.79 bits per heavy atom. The van der Waals surface area contributed by atoms with E-state index in [0.29, 0.717) is 24.6 Å². The third-order valence-electron chi connectivity index (χ3n) is 3.16. The van der Waals surface area contributed by atoms with Crippen LogP contribution in [-0.2, 0) is 21.3 Å². The monoisotopic (exact) mass is 304 g/mol. The number of hydrogen-bond acceptors (Lipinski definition) is 5. The van der Waals surface area contributed by atoms with Gasteiger partial charge in [-0.2, -0.15) is 4.31 Å². The highest BCUT2D eigenvalue weighted by atomic mass is 32.2. The van der Waals surface area contributed by atoms with Crippen molar-refractivity contribution < 1.29 is 13.2 Å². The highest BCUT2D eigenvalue weighted by molar-refractivity contribution is 7.89. The van der Waals surface area contributed by atoms with Crippen molar-refractivity contribution >= 4 is 21.4 Å². The van der Waals surface area contributed by atoms with Crippen LogP contribution in [0, 0.1) is 6.92 Å². The smallest absolute Gasteiger partial charge is 0.244 e. The van der Waals surface area contributed by atoms with Crippen LogP contribution in [0.3, 0.4) is 0 Å². The lowest BCUT2D eigenvalue weighted by Gasteiger charge is -2.37. The lowest BCUT2D eigenvalue weighted by Crippen LogP contribution is -2.50. The normalized spacial score (nSPS) is 20.6. The van der Waals surface area contributed by atoms with Crippen LogP contribution in [0.5, 0.6) is 0 Å². The van der Waals surface area contributed by atoms with Crippen LogP contribution in [0.1, 0.15) is 24.3 Å². The average molecular weight is 304 g/mol. The van der Waals surface area contributed by atoms with Gasteiger partial charge < -0.3 is 10.5 Å². The van der Waals surface area contributed by atoms with Crippen LogP contribution >= 0.6 is 11.3 Å². The second-order valence-corrected chi connectivity index (χ2v) is 8.16. The predicted molar refractivity (Wildman–Crippen MR) is 75.7 cm³/mol. The molecule has 108 valence electrons. The molecule has 0 unspecified atom stereocenters. The SMILES string of the molecule is Cc1csc(CN)c1S(=O)(=O)N1CCOC(C)(C)C1. The number of ether oxygens (including phenoxy) is 1. The molecule has 5 nitrogen and oxygen atoms in total. The van der Waals surface area contributed by atoms with E-state index in [2.05, 4.69) is 0 Å². The maximum atomic E-state index is 12.8. The molecule has 0 bridgehead atoms. The van der Waals surface area contributed by atoms with Gasteiger partial charge in [-0.3, -0.25) is 0 Å². The van der Waals surface area contributed by atoms with Gasteiger partial charge in [-0.1, -0.05) is 0 Å². The van der Waals surface area contributed by atoms with Crippen molar-refractivity contribution in [1.82, 2.24) is 4.31 Å². The topological polar surface area (TPSA) is 72.6 Å². The van der Waals surface area contributed by atoms with Gasteiger partial charge in [0, 0.05) is 24.5 Å². The molecule has 19 heavy (non-hydrogen) atoms. The van der Waals surface area contributed by atoms with Gasteiger partial charge in [0.15, 0.2) is 0 Å². The zero-order valence-electron chi connectivity index (χ0n) is 11.5. The second kappa shape index (κ2) is 5.14. The van der Waals surface area contributed by atoms with Crippen LogP contribution < -0.4 is 5.73 Å². The van der Waals surface area contributed by atoms with Gasteiger partial charge in [-0.05, 0) is 31.7 Å². The van der Waals surface area contributed by atoms with Gasteiger partial charge in [0.05, 0.1) is 12.2 Å². The molecule has 0 amide bonds. The molecule has 0 radical (unpaired) electrons. The molecule has 1 aromatic heterocycles. The Kier molecular flexibility index (Phi) is 4.04. The van der Waals surface area contributed by atoms with Crippen LogP contribution in [0.4, 0.5) is 0 Å². The molecule has 0 atom stereocenters. The summed E-state index contributed by atoms with van der Waals surface area (Å²) < 4.78 is 32.6. The molecule has 2 rings (SSSR count). The van der Waals surface area contributed by atoms with Gasteiger partial charge in [-0.15, -0.1) is 11.3 Å². The first kappa shape index (κ1) is 14.9. The van der Waals surface area contributed by atoms with Gasteiger partial charge in [0.1, 0.15) is 4.90 Å². The molecular weight excluding hydrogens is 284 g/mol. The molecule has 0 aliphatic carbocycles. The first-order valence-electron chi connectivity index (χ1n) is 6.19. The minimum Gasteiger partial charge on any atom is -0.373 e. The van der Waals surface area contributed by atoms with Gasteiger partial charge in [0.2, 0.25) is 10.0 Å². The van der Waals surface area contributed by atoms with Gasteiger partial charge in [-0.25, -0.2) is 8.42 Å². The van der Waals surface area contributed by atoms with E-state index in [1.165, 1.54) is 15.6 Å². The molecule has 7 heteroatoms. The highest BCUT2D eigenvalue weighted by Crippen LogP contribution is 2.31. The fraction of sp³-hybridized carbons (Fsp3) is 0.667. The van der Waals surface area contributed by atoms with E-state index in [-0.39, 0.29) is 6.54 Å². The number of nitrogens with zero attached hydrogens (tertiary/aromatic N) is 1. The lowest BCUT2D eigenvalue weighted by atomic mass is 10.1. The van der Waals surface area contributed by atoms with E-state index in [4.69, 9.17) is 10.5 Å². The summed E-state index contributed by atoms with van der Waals surface area (Å²) in [5.41, 5.74) is 5.97. The molecule has 1 aliphatic heterocycles. The summed E-state index contributed by atoms with van der Waals surface area (Å²) >= 11 is 1.40. The fourth-order valence-corrected chi connectivity index (χ4v) is 5.51. The van der Waals surface area contributed by atoms with Crippen molar-refractivity contribution in [2.24, 2.45) is 5.73 Å². The summed E-state index contributed by atoms with van der Waals surface area (Å²) in [6, 6.07) is 0. The molecule has 2 heterocycles. The maximum Gasteiger partial charge on any atom is 0.244 e. The average Bonchev–Trinajstić information content (AvgIpc) is 2.69. The van der Waals surface area contributed by atoms with Crippen LogP contribution in [-0.4, -0.2) is 38.0 Å². The van der Waals surface area contributed by atoms with Crippen molar-refractivity contribution in [3.8, 4) is 0 Å². The number of thiophene rings is 1. The van der Waals surface area contributed by atoms with Crippen molar-refractivity contribution in [1.29, 1.82) is 0 Å². The zero-order chi connectivity index (χ0) is 14.3. The van der Waals surface area contributed by atoms with E-state index in [0.717, 1.165) is 10.4 Å². The minimum absolute atomic E-state index is 0.251. The molecule has 1 aromatic rings. The number of sulfonamides is 1. The molecule has 1 fully saturated rings. The number of nitrogens with two attached hydrogens (primary N) is 1. The fourth-order valence-electron chi connectivity index (χ4n) is 2.28. The van der Waals surface area contributed by atoms with Crippen molar-refractivity contribution in [2.45, 2.75) is 37.8 Å². The first-order chi connectivity index (χ1) is 8.78. The number of aryl methyl sites for hydroxylation is 1. The van der Waals surface area contributed by atoms with E-state index < -0.39 is 15.6 Å². The maximum absolute atomic E-state index is 12.8. The van der Waals surface area contributed by atoms with Crippen LogP contribution in [0.2, 0.25) is 0 Å². The van der Waals surface area contributed by atoms with E-state index in [1.54, 1.807) is 0 Å². The molecule has 0 aromatic carbocycles. The minimum atomic E-state index is -3.48. The summed E-state index contributed by atoms with van der Waals surface area (Å²) in [6.07, 6.45) is 0. The Hall–Kier alpha value is -0.470. The van der Waals surface area contributed by atoms with Crippen molar-refractivity contribution in [3.05, 3.63) is 15.8 Å². The summed E-state index contributed by atoms with van der Waals surface area (Å²) in [5.74, 6) is 0. The van der Waals surface area contributed by atoms with Crippen molar-refractivity contribution in [3.63, 3.8) is 0 Å². The Balaban J connectivity index is 2.39. The summed E-state index contributed by atoms with van der Waals surface area (Å²) in [5, 5.41) is 1.85. The molecule has 2 N–H and O–H groups in total. The van der Waals surface area contributed by atoms with E-state index in [1.807, 2.05) is 26.2 Å². The lowest BCUT2D eigenvalue weighted by molar-refractivity contribution is -0.0640. The number of hydrogen-bond donors (Lipinski definition) is 1. The van der Waals surface area contributed by atoms with E-state index >= 15 is 0 Å². The first-order valence-corrected chi connectivity index (χ1v) is 8.51. The summed E-state index contributed by atoms with van der Waals surface area (Å²) in [7, 11) is -3.48. The summed E-state index contributed by atoms with van der Waals surface area (Å²) in [4.78, 5) is 1.11. The quantitative estimate of drug-likeness (QED) is 0.914. The Labute approximate surface area is 118 Å². The van der Waals surface area contributed by atoms with Crippen LogP contribution in [0.15, 0.2) is 10.3 Å². The number of morpholine rings is 1.